The van der Waals surface area contributed by atoms with E-state index in [4.69, 9.17) is 4.74 Å². The smallest absolute Gasteiger partial charge is 0.392 e. The third-order valence-corrected chi connectivity index (χ3v) is 2.81. The second-order valence-electron chi connectivity index (χ2n) is 4.40. The summed E-state index contributed by atoms with van der Waals surface area (Å²) in [6.07, 6.45) is -4.62. The highest BCUT2D eigenvalue weighted by molar-refractivity contribution is 5.25. The molecule has 1 rings (SSSR count). The molecule has 2 unspecified atom stereocenters. The van der Waals surface area contributed by atoms with Crippen molar-refractivity contribution in [3.63, 3.8) is 0 Å². The van der Waals surface area contributed by atoms with Crippen LogP contribution in [-0.2, 0) is 17.3 Å². The molecule has 5 heteroatoms. The van der Waals surface area contributed by atoms with Crippen molar-refractivity contribution < 1.29 is 23.0 Å². The van der Waals surface area contributed by atoms with Crippen LogP contribution in [0.3, 0.4) is 0 Å². The van der Waals surface area contributed by atoms with Gasteiger partial charge in [0, 0.05) is 13.0 Å². The second-order valence-corrected chi connectivity index (χ2v) is 4.40. The molecule has 0 heterocycles. The number of benzene rings is 1. The van der Waals surface area contributed by atoms with Crippen molar-refractivity contribution in [3.8, 4) is 0 Å². The van der Waals surface area contributed by atoms with Gasteiger partial charge in [-0.2, -0.15) is 13.2 Å². The SMILES string of the molecule is COCC(C)C(O)Cc1ccc(C(F)(F)F)cc1. The van der Waals surface area contributed by atoms with Crippen LogP contribution in [0.25, 0.3) is 0 Å². The molecule has 1 aromatic rings. The Morgan fingerprint density at radius 2 is 1.78 bits per heavy atom. The predicted octanol–water partition coefficient (Wildman–Crippen LogP) is 2.89. The van der Waals surface area contributed by atoms with Gasteiger partial charge in [0.1, 0.15) is 0 Å². The van der Waals surface area contributed by atoms with E-state index < -0.39 is 17.8 Å². The first kappa shape index (κ1) is 15.0. The number of aliphatic hydroxyl groups excluding tert-OH is 1. The highest BCUT2D eigenvalue weighted by Gasteiger charge is 2.30. The number of aliphatic hydroxyl groups is 1. The first-order chi connectivity index (χ1) is 8.34. The largest absolute Gasteiger partial charge is 0.416 e. The fourth-order valence-corrected chi connectivity index (χ4v) is 1.65. The van der Waals surface area contributed by atoms with Crippen molar-refractivity contribution in [2.45, 2.75) is 25.6 Å². The average molecular weight is 262 g/mol. The average Bonchev–Trinajstić information content (AvgIpc) is 2.28. The van der Waals surface area contributed by atoms with E-state index in [1.165, 1.54) is 12.1 Å². The first-order valence-electron chi connectivity index (χ1n) is 5.67. The van der Waals surface area contributed by atoms with Crippen molar-refractivity contribution >= 4 is 0 Å². The number of halogens is 3. The Bertz CT molecular complexity index is 359. The van der Waals surface area contributed by atoms with Crippen molar-refractivity contribution in [2.24, 2.45) is 5.92 Å². The molecule has 0 aliphatic rings. The minimum absolute atomic E-state index is 0.0581. The fourth-order valence-electron chi connectivity index (χ4n) is 1.65. The molecule has 1 aromatic carbocycles. The van der Waals surface area contributed by atoms with Crippen LogP contribution in [0, 0.1) is 5.92 Å². The minimum atomic E-state index is -4.32. The van der Waals surface area contributed by atoms with Gasteiger partial charge in [0.25, 0.3) is 0 Å². The highest BCUT2D eigenvalue weighted by Crippen LogP contribution is 2.29. The summed E-state index contributed by atoms with van der Waals surface area (Å²) in [6.45, 7) is 2.25. The van der Waals surface area contributed by atoms with Crippen molar-refractivity contribution in [2.75, 3.05) is 13.7 Å². The van der Waals surface area contributed by atoms with E-state index in [9.17, 15) is 18.3 Å². The Hall–Kier alpha value is -1.07. The number of rotatable bonds is 5. The summed E-state index contributed by atoms with van der Waals surface area (Å²) in [7, 11) is 1.54. The standard InChI is InChI=1S/C13H17F3O2/c1-9(8-18-2)12(17)7-10-3-5-11(6-4-10)13(14,15)16/h3-6,9,12,17H,7-8H2,1-2H3. The molecule has 0 amide bonds. The van der Waals surface area contributed by atoms with E-state index in [-0.39, 0.29) is 5.92 Å². The van der Waals surface area contributed by atoms with Crippen molar-refractivity contribution in [1.29, 1.82) is 0 Å². The van der Waals surface area contributed by atoms with E-state index in [1.54, 1.807) is 7.11 Å². The monoisotopic (exact) mass is 262 g/mol. The normalized spacial score (nSPS) is 15.4. The summed E-state index contributed by atoms with van der Waals surface area (Å²) in [4.78, 5) is 0. The van der Waals surface area contributed by atoms with Gasteiger partial charge in [-0.15, -0.1) is 0 Å². The summed E-state index contributed by atoms with van der Waals surface area (Å²) in [5.74, 6) is -0.0581. The summed E-state index contributed by atoms with van der Waals surface area (Å²) in [5.41, 5.74) is 0.00383. The summed E-state index contributed by atoms with van der Waals surface area (Å²) < 4.78 is 42.0. The van der Waals surface area contributed by atoms with Gasteiger partial charge >= 0.3 is 6.18 Å². The lowest BCUT2D eigenvalue weighted by Gasteiger charge is -2.18. The van der Waals surface area contributed by atoms with E-state index >= 15 is 0 Å². The van der Waals surface area contributed by atoms with Gasteiger partial charge in [-0.3, -0.25) is 0 Å². The van der Waals surface area contributed by atoms with Gasteiger partial charge in [0.05, 0.1) is 18.3 Å². The molecule has 0 aliphatic heterocycles. The summed E-state index contributed by atoms with van der Waals surface area (Å²) in [5, 5.41) is 9.83. The van der Waals surface area contributed by atoms with E-state index in [2.05, 4.69) is 0 Å². The third-order valence-electron chi connectivity index (χ3n) is 2.81. The minimum Gasteiger partial charge on any atom is -0.392 e. The third kappa shape index (κ3) is 4.31. The summed E-state index contributed by atoms with van der Waals surface area (Å²) in [6, 6.07) is 4.85. The maximum atomic E-state index is 12.3. The maximum Gasteiger partial charge on any atom is 0.416 e. The van der Waals surface area contributed by atoms with Crippen molar-refractivity contribution in [3.05, 3.63) is 35.4 Å². The quantitative estimate of drug-likeness (QED) is 0.884. The molecule has 0 saturated carbocycles. The molecule has 0 fully saturated rings. The van der Waals surface area contributed by atoms with Crippen LogP contribution in [-0.4, -0.2) is 24.9 Å². The number of methoxy groups -OCH3 is 1. The molecule has 2 nitrogen and oxygen atoms in total. The molecule has 0 aliphatic carbocycles. The van der Waals surface area contributed by atoms with Crippen LogP contribution >= 0.6 is 0 Å². The highest BCUT2D eigenvalue weighted by atomic mass is 19.4. The van der Waals surface area contributed by atoms with E-state index in [1.807, 2.05) is 6.92 Å². The van der Waals surface area contributed by atoms with Gasteiger partial charge in [0.15, 0.2) is 0 Å². The Balaban J connectivity index is 2.64. The Morgan fingerprint density at radius 1 is 1.22 bits per heavy atom. The molecule has 0 aromatic heterocycles. The maximum absolute atomic E-state index is 12.3. The zero-order valence-corrected chi connectivity index (χ0v) is 10.4. The van der Waals surface area contributed by atoms with Crippen LogP contribution in [0.15, 0.2) is 24.3 Å². The molecule has 0 radical (unpaired) electrons. The van der Waals surface area contributed by atoms with Crippen LogP contribution in [0.2, 0.25) is 0 Å². The Morgan fingerprint density at radius 3 is 2.22 bits per heavy atom. The molecule has 102 valence electrons. The number of hydrogen-bond acceptors (Lipinski definition) is 2. The van der Waals surface area contributed by atoms with Crippen LogP contribution in [0.5, 0.6) is 0 Å². The van der Waals surface area contributed by atoms with Gasteiger partial charge in [-0.05, 0) is 24.1 Å². The van der Waals surface area contributed by atoms with Crippen molar-refractivity contribution in [1.82, 2.24) is 0 Å². The lowest BCUT2D eigenvalue weighted by atomic mass is 9.97. The lowest BCUT2D eigenvalue weighted by Crippen LogP contribution is -2.24. The zero-order chi connectivity index (χ0) is 13.8. The number of ether oxygens (including phenoxy) is 1. The molecule has 18 heavy (non-hydrogen) atoms. The van der Waals surface area contributed by atoms with Gasteiger partial charge < -0.3 is 9.84 Å². The molecule has 1 N–H and O–H groups in total. The molecule has 0 spiro atoms. The number of hydrogen-bond donors (Lipinski definition) is 1. The van der Waals surface area contributed by atoms with Crippen LogP contribution in [0.1, 0.15) is 18.1 Å². The molecular formula is C13H17F3O2. The van der Waals surface area contributed by atoms with Crippen LogP contribution < -0.4 is 0 Å². The number of alkyl halides is 3. The zero-order valence-electron chi connectivity index (χ0n) is 10.4. The molecule has 0 bridgehead atoms. The fraction of sp³-hybridized carbons (Fsp3) is 0.538. The second kappa shape index (κ2) is 6.20. The van der Waals surface area contributed by atoms with Gasteiger partial charge in [0.2, 0.25) is 0 Å². The lowest BCUT2D eigenvalue weighted by molar-refractivity contribution is -0.137. The van der Waals surface area contributed by atoms with E-state index in [0.29, 0.717) is 18.6 Å². The predicted molar refractivity (Wildman–Crippen MR) is 62.2 cm³/mol. The molecule has 2 atom stereocenters. The Labute approximate surface area is 104 Å². The first-order valence-corrected chi connectivity index (χ1v) is 5.67. The summed E-state index contributed by atoms with van der Waals surface area (Å²) >= 11 is 0. The Kier molecular flexibility index (Phi) is 5.16. The van der Waals surface area contributed by atoms with Gasteiger partial charge in [-0.25, -0.2) is 0 Å². The topological polar surface area (TPSA) is 29.5 Å². The molecule has 0 saturated heterocycles. The van der Waals surface area contributed by atoms with E-state index in [0.717, 1.165) is 12.1 Å². The van der Waals surface area contributed by atoms with Gasteiger partial charge in [-0.1, -0.05) is 19.1 Å². The van der Waals surface area contributed by atoms with Crippen LogP contribution in [0.4, 0.5) is 13.2 Å². The molecular weight excluding hydrogens is 245 g/mol.